The lowest BCUT2D eigenvalue weighted by molar-refractivity contribution is -0.145. The van der Waals surface area contributed by atoms with E-state index in [0.29, 0.717) is 38.5 Å². The predicted molar refractivity (Wildman–Crippen MR) is 154 cm³/mol. The largest absolute Gasteiger partial charge is 0.465 e. The Morgan fingerprint density at radius 3 is 2.54 bits per heavy atom. The van der Waals surface area contributed by atoms with Gasteiger partial charge in [0.2, 0.25) is 0 Å². The van der Waals surface area contributed by atoms with Gasteiger partial charge in [-0.1, -0.05) is 57.2 Å². The van der Waals surface area contributed by atoms with E-state index in [0.717, 1.165) is 50.1 Å². The fraction of sp³-hybridized carbons (Fsp3) is 0.516. The number of anilines is 1. The molecule has 1 fully saturated rings. The highest BCUT2D eigenvalue weighted by Crippen LogP contribution is 2.23. The molecule has 210 valence electrons. The number of hydrogen-bond acceptors (Lipinski definition) is 7. The zero-order valence-corrected chi connectivity index (χ0v) is 23.2. The Morgan fingerprint density at radius 1 is 0.974 bits per heavy atom. The maximum Gasteiger partial charge on any atom is 0.320 e. The molecule has 0 unspecified atom stereocenters. The lowest BCUT2D eigenvalue weighted by Crippen LogP contribution is -2.35. The molecule has 0 radical (unpaired) electrons. The third-order valence-corrected chi connectivity index (χ3v) is 7.20. The van der Waals surface area contributed by atoms with Crippen molar-refractivity contribution in [1.82, 2.24) is 9.91 Å². The first kappa shape index (κ1) is 28.8. The molecule has 1 amide bonds. The number of hydrazone groups is 1. The van der Waals surface area contributed by atoms with Gasteiger partial charge in [0.1, 0.15) is 0 Å². The van der Waals surface area contributed by atoms with E-state index in [1.165, 1.54) is 36.8 Å². The number of hydrogen-bond donors (Lipinski definition) is 1. The smallest absolute Gasteiger partial charge is 0.320 e. The number of rotatable bonds is 13. The number of morpholine rings is 1. The van der Waals surface area contributed by atoms with Crippen LogP contribution in [-0.2, 0) is 27.2 Å². The van der Waals surface area contributed by atoms with Gasteiger partial charge in [-0.3, -0.25) is 19.5 Å². The van der Waals surface area contributed by atoms with Crippen LogP contribution in [0.15, 0.2) is 47.6 Å². The summed E-state index contributed by atoms with van der Waals surface area (Å²) in [5, 5.41) is 9.49. The zero-order chi connectivity index (χ0) is 27.3. The van der Waals surface area contributed by atoms with E-state index in [4.69, 9.17) is 9.47 Å². The van der Waals surface area contributed by atoms with Crippen LogP contribution < -0.4 is 5.32 Å². The van der Waals surface area contributed by atoms with Crippen molar-refractivity contribution < 1.29 is 19.1 Å². The molecule has 4 rings (SSSR count). The van der Waals surface area contributed by atoms with Crippen LogP contribution in [0.5, 0.6) is 0 Å². The number of carbonyl (C=O) groups excluding carboxylic acids is 2. The number of fused-ring (bicyclic) bond motifs is 1. The van der Waals surface area contributed by atoms with Gasteiger partial charge >= 0.3 is 5.97 Å². The Hall–Kier alpha value is -3.23. The molecule has 1 N–H and O–H groups in total. The van der Waals surface area contributed by atoms with Crippen LogP contribution in [0, 0.1) is 0 Å². The standard InChI is InChI=1S/C31H42N4O4/c1-2-3-4-5-6-7-18-39-30(36)24-34-15-14-27-21-29(13-12-28(27)23-34)33-31(37)26-10-8-25(9-11-26)22-32-35-16-19-38-20-17-35/h8-13,21-22H,2-7,14-20,23-24H2,1H3,(H,33,37). The van der Waals surface area contributed by atoms with Crippen LogP contribution in [0.3, 0.4) is 0 Å². The minimum Gasteiger partial charge on any atom is -0.465 e. The summed E-state index contributed by atoms with van der Waals surface area (Å²) < 4.78 is 10.8. The average molecular weight is 535 g/mol. The molecule has 2 aliphatic rings. The number of ether oxygens (including phenoxy) is 2. The number of unbranched alkanes of at least 4 members (excludes halogenated alkanes) is 5. The van der Waals surface area contributed by atoms with Gasteiger partial charge in [0.05, 0.1) is 45.7 Å². The van der Waals surface area contributed by atoms with E-state index in [2.05, 4.69) is 22.2 Å². The van der Waals surface area contributed by atoms with Crippen molar-refractivity contribution in [3.05, 3.63) is 64.7 Å². The van der Waals surface area contributed by atoms with Gasteiger partial charge in [-0.05, 0) is 53.8 Å². The van der Waals surface area contributed by atoms with Gasteiger partial charge in [0.15, 0.2) is 0 Å². The molecule has 8 heteroatoms. The summed E-state index contributed by atoms with van der Waals surface area (Å²) in [5.74, 6) is -0.286. The average Bonchev–Trinajstić information content (AvgIpc) is 2.96. The van der Waals surface area contributed by atoms with E-state index in [1.54, 1.807) is 0 Å². The van der Waals surface area contributed by atoms with Crippen molar-refractivity contribution >= 4 is 23.8 Å². The molecule has 1 saturated heterocycles. The summed E-state index contributed by atoms with van der Waals surface area (Å²) in [4.78, 5) is 27.2. The first-order chi connectivity index (χ1) is 19.1. The summed E-state index contributed by atoms with van der Waals surface area (Å²) in [6, 6.07) is 13.5. The second-order valence-corrected chi connectivity index (χ2v) is 10.3. The third-order valence-electron chi connectivity index (χ3n) is 7.20. The molecule has 0 aromatic heterocycles. The quantitative estimate of drug-likeness (QED) is 0.224. The number of benzene rings is 2. The number of nitrogens with one attached hydrogen (secondary N) is 1. The summed E-state index contributed by atoms with van der Waals surface area (Å²) in [6.07, 6.45) is 9.72. The summed E-state index contributed by atoms with van der Waals surface area (Å²) in [6.45, 7) is 7.54. The normalized spacial score (nSPS) is 15.8. The number of carbonyl (C=O) groups is 2. The molecule has 0 atom stereocenters. The number of amides is 1. The lowest BCUT2D eigenvalue weighted by Gasteiger charge is -2.28. The predicted octanol–water partition coefficient (Wildman–Crippen LogP) is 4.87. The molecule has 0 bridgehead atoms. The summed E-state index contributed by atoms with van der Waals surface area (Å²) in [5.41, 5.74) is 4.72. The maximum absolute atomic E-state index is 12.8. The molecule has 2 aliphatic heterocycles. The van der Waals surface area contributed by atoms with Gasteiger partial charge in [0.25, 0.3) is 5.91 Å². The van der Waals surface area contributed by atoms with E-state index < -0.39 is 0 Å². The number of esters is 1. The van der Waals surface area contributed by atoms with Gasteiger partial charge in [0, 0.05) is 24.3 Å². The van der Waals surface area contributed by atoms with Gasteiger partial charge < -0.3 is 14.8 Å². The molecule has 0 aliphatic carbocycles. The molecule has 2 heterocycles. The Labute approximate surface area is 232 Å². The van der Waals surface area contributed by atoms with E-state index in [1.807, 2.05) is 53.7 Å². The Kier molecular flexibility index (Phi) is 11.3. The molecule has 39 heavy (non-hydrogen) atoms. The van der Waals surface area contributed by atoms with E-state index in [-0.39, 0.29) is 11.9 Å². The first-order valence-electron chi connectivity index (χ1n) is 14.4. The highest BCUT2D eigenvalue weighted by molar-refractivity contribution is 6.04. The summed E-state index contributed by atoms with van der Waals surface area (Å²) >= 11 is 0. The van der Waals surface area contributed by atoms with Crippen molar-refractivity contribution in [3.63, 3.8) is 0 Å². The van der Waals surface area contributed by atoms with Crippen LogP contribution >= 0.6 is 0 Å². The van der Waals surface area contributed by atoms with E-state index >= 15 is 0 Å². The zero-order valence-electron chi connectivity index (χ0n) is 23.2. The molecular formula is C31H42N4O4. The topological polar surface area (TPSA) is 83.5 Å². The van der Waals surface area contributed by atoms with Gasteiger partial charge in [-0.15, -0.1) is 0 Å². The third kappa shape index (κ3) is 9.48. The first-order valence-corrected chi connectivity index (χ1v) is 14.4. The van der Waals surface area contributed by atoms with Crippen molar-refractivity contribution in [2.75, 3.05) is 51.3 Å². The maximum atomic E-state index is 12.8. The van der Waals surface area contributed by atoms with Crippen LogP contribution in [0.25, 0.3) is 0 Å². The van der Waals surface area contributed by atoms with Crippen molar-refractivity contribution in [2.45, 2.75) is 58.4 Å². The number of nitrogens with zero attached hydrogens (tertiary/aromatic N) is 3. The monoisotopic (exact) mass is 534 g/mol. The van der Waals surface area contributed by atoms with E-state index in [9.17, 15) is 9.59 Å². The Bertz CT molecular complexity index is 1100. The van der Waals surface area contributed by atoms with Crippen molar-refractivity contribution in [1.29, 1.82) is 0 Å². The molecular weight excluding hydrogens is 492 g/mol. The molecule has 0 saturated carbocycles. The Balaban J connectivity index is 1.20. The van der Waals surface area contributed by atoms with Crippen LogP contribution in [0.1, 0.15) is 72.5 Å². The van der Waals surface area contributed by atoms with Crippen LogP contribution in [0.2, 0.25) is 0 Å². The Morgan fingerprint density at radius 2 is 1.74 bits per heavy atom. The summed E-state index contributed by atoms with van der Waals surface area (Å²) in [7, 11) is 0. The van der Waals surface area contributed by atoms with Crippen LogP contribution in [-0.4, -0.2) is 74.0 Å². The second-order valence-electron chi connectivity index (χ2n) is 10.3. The molecule has 2 aromatic carbocycles. The highest BCUT2D eigenvalue weighted by Gasteiger charge is 2.20. The van der Waals surface area contributed by atoms with Crippen molar-refractivity contribution in [3.8, 4) is 0 Å². The highest BCUT2D eigenvalue weighted by atomic mass is 16.5. The fourth-order valence-electron chi connectivity index (χ4n) is 4.86. The minimum atomic E-state index is -0.144. The molecule has 8 nitrogen and oxygen atoms in total. The molecule has 2 aromatic rings. The lowest BCUT2D eigenvalue weighted by atomic mass is 9.99. The van der Waals surface area contributed by atoms with Crippen LogP contribution in [0.4, 0.5) is 5.69 Å². The van der Waals surface area contributed by atoms with Gasteiger partial charge in [-0.25, -0.2) is 0 Å². The fourth-order valence-corrected chi connectivity index (χ4v) is 4.86. The molecule has 0 spiro atoms. The van der Waals surface area contributed by atoms with Crippen molar-refractivity contribution in [2.24, 2.45) is 5.10 Å². The minimum absolute atomic E-state index is 0.142. The second kappa shape index (κ2) is 15.4. The van der Waals surface area contributed by atoms with Gasteiger partial charge in [-0.2, -0.15) is 5.10 Å². The SMILES string of the molecule is CCCCCCCCOC(=O)CN1CCc2cc(NC(=O)c3ccc(C=NN4CCOCC4)cc3)ccc2C1.